The summed E-state index contributed by atoms with van der Waals surface area (Å²) >= 11 is 0. The van der Waals surface area contributed by atoms with E-state index in [2.05, 4.69) is 0 Å². The van der Waals surface area contributed by atoms with Crippen molar-refractivity contribution in [3.05, 3.63) is 35.4 Å². The third-order valence-corrected chi connectivity index (χ3v) is 3.65. The normalized spacial score (nSPS) is 17.9. The molecular weight excluding hydrogens is 216 g/mol. The molecule has 0 saturated heterocycles. The molecular formula is C13H16N2O2. The van der Waals surface area contributed by atoms with Crippen molar-refractivity contribution in [1.82, 2.24) is 0 Å². The van der Waals surface area contributed by atoms with Crippen LogP contribution in [0.1, 0.15) is 41.6 Å². The number of nitrogens with two attached hydrogens (primary N) is 2. The predicted octanol–water partition coefficient (Wildman–Crippen LogP) is 1.08. The van der Waals surface area contributed by atoms with Crippen LogP contribution in [0.5, 0.6) is 0 Å². The van der Waals surface area contributed by atoms with Gasteiger partial charge in [-0.15, -0.1) is 0 Å². The molecule has 1 aromatic rings. The molecule has 1 aromatic carbocycles. The molecule has 2 rings (SSSR count). The van der Waals surface area contributed by atoms with E-state index in [1.807, 2.05) is 0 Å². The fourth-order valence-corrected chi connectivity index (χ4v) is 2.61. The molecule has 0 atom stereocenters. The largest absolute Gasteiger partial charge is 0.369 e. The van der Waals surface area contributed by atoms with Gasteiger partial charge in [-0.3, -0.25) is 9.59 Å². The average Bonchev–Trinajstić information content (AvgIpc) is 2.79. The SMILES string of the molecule is NC(=O)c1ccc(C2(C(N)=O)CCCC2)cc1. The Morgan fingerprint density at radius 3 is 1.94 bits per heavy atom. The summed E-state index contributed by atoms with van der Waals surface area (Å²) in [6, 6.07) is 6.88. The second-order valence-electron chi connectivity index (χ2n) is 4.60. The van der Waals surface area contributed by atoms with Gasteiger partial charge in [-0.05, 0) is 30.5 Å². The Bertz CT molecular complexity index is 445. The molecule has 0 unspecified atom stereocenters. The Balaban J connectivity index is 2.38. The third kappa shape index (κ3) is 1.90. The highest BCUT2D eigenvalue weighted by molar-refractivity contribution is 5.93. The summed E-state index contributed by atoms with van der Waals surface area (Å²) in [4.78, 5) is 22.7. The van der Waals surface area contributed by atoms with E-state index in [4.69, 9.17) is 11.5 Å². The van der Waals surface area contributed by atoms with Crippen LogP contribution in [0, 0.1) is 0 Å². The zero-order valence-corrected chi connectivity index (χ0v) is 9.61. The summed E-state index contributed by atoms with van der Waals surface area (Å²) < 4.78 is 0. The van der Waals surface area contributed by atoms with Gasteiger partial charge in [-0.25, -0.2) is 0 Å². The maximum atomic E-state index is 11.7. The van der Waals surface area contributed by atoms with Gasteiger partial charge in [0.25, 0.3) is 0 Å². The first-order valence-electron chi connectivity index (χ1n) is 5.76. The monoisotopic (exact) mass is 232 g/mol. The van der Waals surface area contributed by atoms with Crippen LogP contribution in [0.25, 0.3) is 0 Å². The topological polar surface area (TPSA) is 86.2 Å². The highest BCUT2D eigenvalue weighted by Crippen LogP contribution is 2.40. The highest BCUT2D eigenvalue weighted by Gasteiger charge is 2.40. The fraction of sp³-hybridized carbons (Fsp3) is 0.385. The van der Waals surface area contributed by atoms with Gasteiger partial charge < -0.3 is 11.5 Å². The molecule has 0 bridgehead atoms. The summed E-state index contributed by atoms with van der Waals surface area (Å²) in [5, 5.41) is 0. The van der Waals surface area contributed by atoms with Gasteiger partial charge in [0.1, 0.15) is 0 Å². The summed E-state index contributed by atoms with van der Waals surface area (Å²) in [5.74, 6) is -0.738. The third-order valence-electron chi connectivity index (χ3n) is 3.65. The van der Waals surface area contributed by atoms with E-state index >= 15 is 0 Å². The number of carbonyl (C=O) groups is 2. The van der Waals surface area contributed by atoms with Crippen molar-refractivity contribution in [3.63, 3.8) is 0 Å². The molecule has 1 fully saturated rings. The molecule has 4 nitrogen and oxygen atoms in total. The summed E-state index contributed by atoms with van der Waals surface area (Å²) in [6.45, 7) is 0. The minimum Gasteiger partial charge on any atom is -0.369 e. The molecule has 2 amide bonds. The van der Waals surface area contributed by atoms with Gasteiger partial charge >= 0.3 is 0 Å². The Hall–Kier alpha value is -1.84. The maximum absolute atomic E-state index is 11.7. The molecule has 0 aromatic heterocycles. The van der Waals surface area contributed by atoms with Crippen LogP contribution in [0.15, 0.2) is 24.3 Å². The molecule has 0 radical (unpaired) electrons. The van der Waals surface area contributed by atoms with Gasteiger partial charge in [0.15, 0.2) is 0 Å². The lowest BCUT2D eigenvalue weighted by Gasteiger charge is -2.25. The quantitative estimate of drug-likeness (QED) is 0.817. The van der Waals surface area contributed by atoms with Crippen LogP contribution in [-0.2, 0) is 10.2 Å². The summed E-state index contributed by atoms with van der Waals surface area (Å²) in [6.07, 6.45) is 3.61. The molecule has 1 saturated carbocycles. The van der Waals surface area contributed by atoms with Crippen LogP contribution in [0.2, 0.25) is 0 Å². The summed E-state index contributed by atoms with van der Waals surface area (Å²) in [5.41, 5.74) is 11.5. The minimum absolute atomic E-state index is 0.276. The standard InChI is InChI=1S/C13H16N2O2/c14-11(16)9-3-5-10(6-4-9)13(12(15)17)7-1-2-8-13/h3-6H,1-2,7-8H2,(H2,14,16)(H2,15,17). The molecule has 4 heteroatoms. The number of hydrogen-bond donors (Lipinski definition) is 2. The van der Waals surface area contributed by atoms with Gasteiger partial charge in [0, 0.05) is 5.56 Å². The van der Waals surface area contributed by atoms with Crippen LogP contribution in [-0.4, -0.2) is 11.8 Å². The number of carbonyl (C=O) groups excluding carboxylic acids is 2. The Kier molecular flexibility index (Phi) is 2.88. The first kappa shape index (κ1) is 11.6. The van der Waals surface area contributed by atoms with Crippen molar-refractivity contribution in [2.24, 2.45) is 11.5 Å². The van der Waals surface area contributed by atoms with Gasteiger partial charge in [-0.1, -0.05) is 25.0 Å². The minimum atomic E-state index is -0.545. The fourth-order valence-electron chi connectivity index (χ4n) is 2.61. The van der Waals surface area contributed by atoms with Crippen molar-refractivity contribution >= 4 is 11.8 Å². The van der Waals surface area contributed by atoms with Crippen molar-refractivity contribution in [2.45, 2.75) is 31.1 Å². The highest BCUT2D eigenvalue weighted by atomic mass is 16.1. The molecule has 1 aliphatic carbocycles. The van der Waals surface area contributed by atoms with E-state index in [1.165, 1.54) is 0 Å². The van der Waals surface area contributed by atoms with Crippen molar-refractivity contribution < 1.29 is 9.59 Å². The van der Waals surface area contributed by atoms with Crippen LogP contribution in [0.4, 0.5) is 0 Å². The van der Waals surface area contributed by atoms with E-state index in [1.54, 1.807) is 24.3 Å². The predicted molar refractivity (Wildman–Crippen MR) is 64.3 cm³/mol. The van der Waals surface area contributed by atoms with Gasteiger partial charge in [-0.2, -0.15) is 0 Å². The smallest absolute Gasteiger partial charge is 0.248 e. The van der Waals surface area contributed by atoms with E-state index in [0.29, 0.717) is 5.56 Å². The van der Waals surface area contributed by atoms with Gasteiger partial charge in [0.2, 0.25) is 11.8 Å². The van der Waals surface area contributed by atoms with E-state index in [9.17, 15) is 9.59 Å². The number of hydrogen-bond acceptors (Lipinski definition) is 2. The number of benzene rings is 1. The van der Waals surface area contributed by atoms with Crippen molar-refractivity contribution in [3.8, 4) is 0 Å². The molecule has 90 valence electrons. The lowest BCUT2D eigenvalue weighted by atomic mass is 9.78. The van der Waals surface area contributed by atoms with Crippen LogP contribution >= 0.6 is 0 Å². The average molecular weight is 232 g/mol. The number of primary amides is 2. The van der Waals surface area contributed by atoms with Crippen molar-refractivity contribution in [2.75, 3.05) is 0 Å². The lowest BCUT2D eigenvalue weighted by molar-refractivity contribution is -0.123. The van der Waals surface area contributed by atoms with Crippen molar-refractivity contribution in [1.29, 1.82) is 0 Å². The first-order chi connectivity index (χ1) is 8.06. The first-order valence-corrected chi connectivity index (χ1v) is 5.76. The summed E-state index contributed by atoms with van der Waals surface area (Å²) in [7, 11) is 0. The Morgan fingerprint density at radius 2 is 1.53 bits per heavy atom. The molecule has 17 heavy (non-hydrogen) atoms. The maximum Gasteiger partial charge on any atom is 0.248 e. The second-order valence-corrected chi connectivity index (χ2v) is 4.60. The second kappa shape index (κ2) is 4.20. The molecule has 1 aliphatic rings. The van der Waals surface area contributed by atoms with Crippen LogP contribution < -0.4 is 11.5 Å². The zero-order valence-electron chi connectivity index (χ0n) is 9.61. The number of rotatable bonds is 3. The number of amides is 2. The Labute approximate surface area is 100.0 Å². The molecule has 0 heterocycles. The zero-order chi connectivity index (χ0) is 12.5. The van der Waals surface area contributed by atoms with E-state index < -0.39 is 11.3 Å². The Morgan fingerprint density at radius 1 is 1.00 bits per heavy atom. The molecule has 4 N–H and O–H groups in total. The molecule has 0 spiro atoms. The van der Waals surface area contributed by atoms with E-state index in [-0.39, 0.29) is 5.91 Å². The van der Waals surface area contributed by atoms with E-state index in [0.717, 1.165) is 31.2 Å². The van der Waals surface area contributed by atoms with Crippen LogP contribution in [0.3, 0.4) is 0 Å². The van der Waals surface area contributed by atoms with Gasteiger partial charge in [0.05, 0.1) is 5.41 Å². The lowest BCUT2D eigenvalue weighted by Crippen LogP contribution is -2.38. The molecule has 0 aliphatic heterocycles.